The highest BCUT2D eigenvalue weighted by Gasteiger charge is 2.43. The molecule has 2 rings (SSSR count). The van der Waals surface area contributed by atoms with Crippen LogP contribution in [0.15, 0.2) is 11.0 Å². The van der Waals surface area contributed by atoms with Gasteiger partial charge >= 0.3 is 5.97 Å². The zero-order chi connectivity index (χ0) is 18.1. The quantitative estimate of drug-likeness (QED) is 0.600. The smallest absolute Gasteiger partial charge is 0.323 e. The number of nitrogens with zero attached hydrogens (tertiary/aromatic N) is 1. The third-order valence-electron chi connectivity index (χ3n) is 3.77. The zero-order valence-corrected chi connectivity index (χ0v) is 14.8. The molecule has 134 valence electrons. The molecule has 2 heterocycles. The minimum Gasteiger partial charge on any atom is -0.458 e. The van der Waals surface area contributed by atoms with Crippen LogP contribution >= 0.6 is 23.8 Å². The van der Waals surface area contributed by atoms with Crippen LogP contribution in [0.3, 0.4) is 0 Å². The van der Waals surface area contributed by atoms with Gasteiger partial charge in [-0.1, -0.05) is 25.4 Å². The van der Waals surface area contributed by atoms with Crippen molar-refractivity contribution >= 4 is 29.8 Å². The summed E-state index contributed by atoms with van der Waals surface area (Å²) in [5, 5.41) is -0.0853. The van der Waals surface area contributed by atoms with Gasteiger partial charge in [-0.2, -0.15) is 0 Å². The number of hydrogen-bond donors (Lipinski definition) is 2. The topological polar surface area (TPSA) is 99.3 Å². The van der Waals surface area contributed by atoms with E-state index in [0.717, 1.165) is 0 Å². The number of alkyl halides is 1. The molecule has 24 heavy (non-hydrogen) atoms. The summed E-state index contributed by atoms with van der Waals surface area (Å²) >= 11 is 10.8. The van der Waals surface area contributed by atoms with Gasteiger partial charge in [-0.25, -0.2) is 4.39 Å². The summed E-state index contributed by atoms with van der Waals surface area (Å²) in [6, 6.07) is -0.822. The molecule has 0 spiro atoms. The van der Waals surface area contributed by atoms with E-state index in [1.54, 1.807) is 13.8 Å². The maximum atomic E-state index is 14.7. The van der Waals surface area contributed by atoms with Gasteiger partial charge in [0.1, 0.15) is 17.3 Å². The lowest BCUT2D eigenvalue weighted by molar-refractivity contribution is -0.194. The lowest BCUT2D eigenvalue weighted by Gasteiger charge is -2.23. The van der Waals surface area contributed by atoms with Crippen LogP contribution in [-0.4, -0.2) is 34.0 Å². The SMILES string of the molecule is CC(C)[C@H](N)C(=O)OC[C@]1(F)CC[C@H](n2cc(Cl)c(=O)[nH]c2=S)O1. The van der Waals surface area contributed by atoms with Gasteiger partial charge in [0.05, 0.1) is 0 Å². The molecule has 0 aromatic carbocycles. The minimum atomic E-state index is -2.14. The summed E-state index contributed by atoms with van der Waals surface area (Å²) < 4.78 is 26.4. The number of H-pyrrole nitrogens is 1. The van der Waals surface area contributed by atoms with E-state index in [1.807, 2.05) is 0 Å². The monoisotopic (exact) mass is 379 g/mol. The number of halogens is 2. The van der Waals surface area contributed by atoms with Gasteiger partial charge in [-0.3, -0.25) is 19.1 Å². The number of rotatable bonds is 5. The molecule has 0 bridgehead atoms. The van der Waals surface area contributed by atoms with E-state index < -0.39 is 36.3 Å². The highest BCUT2D eigenvalue weighted by atomic mass is 35.5. The van der Waals surface area contributed by atoms with Crippen molar-refractivity contribution in [3.63, 3.8) is 0 Å². The standard InChI is InChI=1S/C14H19ClFN3O4S/c1-7(2)10(17)12(21)22-6-14(16)4-3-9(23-14)19-5-8(15)11(20)18-13(19)24/h5,7,9-10H,3-4,6,17H2,1-2H3,(H,18,20,24)/t9-,10+,14+/m1/s1. The lowest BCUT2D eigenvalue weighted by atomic mass is 10.1. The molecule has 0 unspecified atom stereocenters. The second-order valence-corrected chi connectivity index (χ2v) is 6.81. The van der Waals surface area contributed by atoms with Gasteiger partial charge in [0.2, 0.25) is 5.85 Å². The second-order valence-electron chi connectivity index (χ2n) is 6.02. The Hall–Kier alpha value is -1.29. The number of esters is 1. The molecule has 0 saturated carbocycles. The molecule has 3 atom stereocenters. The maximum absolute atomic E-state index is 14.7. The third-order valence-corrected chi connectivity index (χ3v) is 4.35. The molecule has 0 aliphatic carbocycles. The molecule has 1 aliphatic rings. The highest BCUT2D eigenvalue weighted by molar-refractivity contribution is 7.71. The van der Waals surface area contributed by atoms with E-state index in [0.29, 0.717) is 0 Å². The molecule has 1 saturated heterocycles. The van der Waals surface area contributed by atoms with Crippen molar-refractivity contribution in [2.45, 2.75) is 44.8 Å². The summed E-state index contributed by atoms with van der Waals surface area (Å²) in [5.41, 5.74) is 5.12. The van der Waals surface area contributed by atoms with Gasteiger partial charge in [0.25, 0.3) is 5.56 Å². The van der Waals surface area contributed by atoms with Crippen molar-refractivity contribution < 1.29 is 18.7 Å². The number of carbonyl (C=O) groups is 1. The van der Waals surface area contributed by atoms with Crippen LogP contribution in [0.5, 0.6) is 0 Å². The Balaban J connectivity index is 2.04. The summed E-state index contributed by atoms with van der Waals surface area (Å²) in [6.07, 6.45) is 0.815. The van der Waals surface area contributed by atoms with Gasteiger partial charge in [-0.15, -0.1) is 0 Å². The summed E-state index contributed by atoms with van der Waals surface area (Å²) in [7, 11) is 0. The Morgan fingerprint density at radius 2 is 2.38 bits per heavy atom. The minimum absolute atomic E-state index is 0.000379. The van der Waals surface area contributed by atoms with Crippen molar-refractivity contribution in [2.75, 3.05) is 6.61 Å². The number of aromatic amines is 1. The predicted molar refractivity (Wildman–Crippen MR) is 87.9 cm³/mol. The van der Waals surface area contributed by atoms with E-state index in [1.165, 1.54) is 10.8 Å². The van der Waals surface area contributed by atoms with E-state index >= 15 is 0 Å². The Morgan fingerprint density at radius 1 is 1.71 bits per heavy atom. The number of hydrogen-bond acceptors (Lipinski definition) is 6. The average molecular weight is 380 g/mol. The van der Waals surface area contributed by atoms with Crippen LogP contribution < -0.4 is 11.3 Å². The molecular formula is C14H19ClFN3O4S. The van der Waals surface area contributed by atoms with Crippen LogP contribution in [0.4, 0.5) is 4.39 Å². The maximum Gasteiger partial charge on any atom is 0.323 e. The fourth-order valence-corrected chi connectivity index (χ4v) is 2.64. The third kappa shape index (κ3) is 4.21. The molecule has 10 heteroatoms. The number of ether oxygens (including phenoxy) is 2. The molecule has 0 radical (unpaired) electrons. The molecule has 0 amide bonds. The van der Waals surface area contributed by atoms with Gasteiger partial charge in [-0.05, 0) is 24.6 Å². The van der Waals surface area contributed by atoms with Crippen LogP contribution in [0, 0.1) is 10.7 Å². The molecule has 1 fully saturated rings. The largest absolute Gasteiger partial charge is 0.458 e. The Kier molecular flexibility index (Phi) is 5.79. The Bertz CT molecular complexity index is 737. The van der Waals surface area contributed by atoms with Crippen molar-refractivity contribution in [2.24, 2.45) is 11.7 Å². The number of nitrogens with two attached hydrogens (primary N) is 1. The first-order chi connectivity index (χ1) is 11.1. The number of carbonyl (C=O) groups excluding carboxylic acids is 1. The Labute approximate surface area is 147 Å². The fourth-order valence-electron chi connectivity index (χ4n) is 2.22. The van der Waals surface area contributed by atoms with Crippen LogP contribution in [0.2, 0.25) is 5.02 Å². The van der Waals surface area contributed by atoms with Crippen molar-refractivity contribution in [1.29, 1.82) is 0 Å². The zero-order valence-electron chi connectivity index (χ0n) is 13.3. The first-order valence-electron chi connectivity index (χ1n) is 7.43. The van der Waals surface area contributed by atoms with Crippen molar-refractivity contribution in [3.8, 4) is 0 Å². The highest BCUT2D eigenvalue weighted by Crippen LogP contribution is 2.38. The number of nitrogens with one attached hydrogen (secondary N) is 1. The molecule has 1 aromatic rings. The molecule has 3 N–H and O–H groups in total. The normalized spacial score (nSPS) is 25.0. The first-order valence-corrected chi connectivity index (χ1v) is 8.21. The van der Waals surface area contributed by atoms with E-state index in [4.69, 9.17) is 39.0 Å². The van der Waals surface area contributed by atoms with Gasteiger partial charge in [0, 0.05) is 12.6 Å². The van der Waals surface area contributed by atoms with E-state index in [-0.39, 0.29) is 28.6 Å². The fraction of sp³-hybridized carbons (Fsp3) is 0.643. The van der Waals surface area contributed by atoms with Gasteiger partial charge < -0.3 is 15.2 Å². The lowest BCUT2D eigenvalue weighted by Crippen LogP contribution is -2.40. The van der Waals surface area contributed by atoms with Crippen molar-refractivity contribution in [1.82, 2.24) is 9.55 Å². The predicted octanol–water partition coefficient (Wildman–Crippen LogP) is 2.06. The Morgan fingerprint density at radius 3 is 3.00 bits per heavy atom. The second kappa shape index (κ2) is 7.30. The molecule has 1 aliphatic heterocycles. The van der Waals surface area contributed by atoms with Crippen molar-refractivity contribution in [3.05, 3.63) is 26.3 Å². The van der Waals surface area contributed by atoms with E-state index in [9.17, 15) is 14.0 Å². The summed E-state index contributed by atoms with van der Waals surface area (Å²) in [6.45, 7) is 2.97. The van der Waals surface area contributed by atoms with Gasteiger partial charge in [0.15, 0.2) is 11.4 Å². The number of aromatic nitrogens is 2. The van der Waals surface area contributed by atoms with Crippen LogP contribution in [0.1, 0.15) is 32.9 Å². The first kappa shape index (κ1) is 19.0. The molecular weight excluding hydrogens is 361 g/mol. The average Bonchev–Trinajstić information content (AvgIpc) is 2.90. The summed E-state index contributed by atoms with van der Waals surface area (Å²) in [4.78, 5) is 25.5. The molecule has 7 nitrogen and oxygen atoms in total. The van der Waals surface area contributed by atoms with E-state index in [2.05, 4.69) is 4.98 Å². The van der Waals surface area contributed by atoms with Crippen LogP contribution in [-0.2, 0) is 14.3 Å². The summed E-state index contributed by atoms with van der Waals surface area (Å²) in [5.74, 6) is -2.95. The molecule has 1 aromatic heterocycles. The van der Waals surface area contributed by atoms with Crippen LogP contribution in [0.25, 0.3) is 0 Å².